The van der Waals surface area contributed by atoms with Gasteiger partial charge in [0.1, 0.15) is 17.2 Å². The summed E-state index contributed by atoms with van der Waals surface area (Å²) in [4.78, 5) is 24.4. The molecule has 0 atom stereocenters. The van der Waals surface area contributed by atoms with Gasteiger partial charge >= 0.3 is 0 Å². The smallest absolute Gasteiger partial charge is 0.269 e. The molecule has 0 bridgehead atoms. The molecule has 30 heavy (non-hydrogen) atoms. The molecule has 7 heteroatoms. The fourth-order valence-electron chi connectivity index (χ4n) is 2.82. The summed E-state index contributed by atoms with van der Waals surface area (Å²) in [5, 5.41) is 2.07. The van der Waals surface area contributed by atoms with Gasteiger partial charge in [0.25, 0.3) is 11.8 Å². The van der Waals surface area contributed by atoms with Gasteiger partial charge in [-0.25, -0.2) is 0 Å². The Labute approximate surface area is 174 Å². The van der Waals surface area contributed by atoms with Crippen LogP contribution in [0.1, 0.15) is 15.9 Å². The molecule has 0 heterocycles. The molecule has 3 aromatic rings. The van der Waals surface area contributed by atoms with Gasteiger partial charge < -0.3 is 14.2 Å². The number of hydrogen-bond donors (Lipinski definition) is 2. The maximum atomic E-state index is 12.3. The van der Waals surface area contributed by atoms with Gasteiger partial charge in [-0.3, -0.25) is 20.4 Å². The molecule has 0 radical (unpaired) electrons. The zero-order valence-electron chi connectivity index (χ0n) is 16.9. The van der Waals surface area contributed by atoms with E-state index in [4.69, 9.17) is 14.2 Å². The lowest BCUT2D eigenvalue weighted by atomic mass is 10.1. The van der Waals surface area contributed by atoms with E-state index in [0.717, 1.165) is 22.1 Å². The minimum absolute atomic E-state index is 0.292. The van der Waals surface area contributed by atoms with E-state index < -0.39 is 11.8 Å². The van der Waals surface area contributed by atoms with Crippen LogP contribution in [0.5, 0.6) is 17.2 Å². The highest BCUT2D eigenvalue weighted by molar-refractivity contribution is 5.98. The number of fused-ring (bicyclic) bond motifs is 1. The third-order valence-corrected chi connectivity index (χ3v) is 4.41. The Hall–Kier alpha value is -4.00. The molecule has 3 aromatic carbocycles. The van der Waals surface area contributed by atoms with Crippen LogP contribution in [0, 0.1) is 0 Å². The molecule has 0 aliphatic heterocycles. The van der Waals surface area contributed by atoms with Gasteiger partial charge in [-0.1, -0.05) is 18.2 Å². The van der Waals surface area contributed by atoms with E-state index in [1.165, 1.54) is 20.3 Å². The normalized spacial score (nSPS) is 10.6. The quantitative estimate of drug-likeness (QED) is 0.484. The van der Waals surface area contributed by atoms with Gasteiger partial charge in [0, 0.05) is 17.7 Å². The van der Waals surface area contributed by atoms with Crippen molar-refractivity contribution in [3.05, 3.63) is 71.8 Å². The van der Waals surface area contributed by atoms with Gasteiger partial charge in [0.15, 0.2) is 0 Å². The number of rotatable bonds is 6. The zero-order valence-corrected chi connectivity index (χ0v) is 16.9. The summed E-state index contributed by atoms with van der Waals surface area (Å²) >= 11 is 0. The topological polar surface area (TPSA) is 85.9 Å². The lowest BCUT2D eigenvalue weighted by molar-refractivity contribution is -0.117. The number of methoxy groups -OCH3 is 3. The number of nitrogens with one attached hydrogen (secondary N) is 2. The van der Waals surface area contributed by atoms with E-state index in [0.29, 0.717) is 17.1 Å². The predicted molar refractivity (Wildman–Crippen MR) is 115 cm³/mol. The maximum absolute atomic E-state index is 12.3. The number of carbonyl (C=O) groups excluding carboxylic acids is 2. The Bertz CT molecular complexity index is 1090. The van der Waals surface area contributed by atoms with Gasteiger partial charge in [0.2, 0.25) is 0 Å². The summed E-state index contributed by atoms with van der Waals surface area (Å²) in [7, 11) is 4.61. The van der Waals surface area contributed by atoms with Gasteiger partial charge in [-0.05, 0) is 52.7 Å². The molecule has 2 amide bonds. The number of carbonyl (C=O) groups is 2. The van der Waals surface area contributed by atoms with Crippen molar-refractivity contribution in [2.45, 2.75) is 0 Å². The highest BCUT2D eigenvalue weighted by Crippen LogP contribution is 2.23. The van der Waals surface area contributed by atoms with E-state index >= 15 is 0 Å². The fraction of sp³-hybridized carbons (Fsp3) is 0.130. The molecule has 0 saturated carbocycles. The minimum atomic E-state index is -0.492. The van der Waals surface area contributed by atoms with Crippen LogP contribution in [-0.2, 0) is 4.79 Å². The van der Waals surface area contributed by atoms with Crippen LogP contribution in [0.3, 0.4) is 0 Å². The van der Waals surface area contributed by atoms with E-state index in [1.807, 2.05) is 36.4 Å². The Morgan fingerprint density at radius 2 is 1.37 bits per heavy atom. The van der Waals surface area contributed by atoms with Crippen LogP contribution >= 0.6 is 0 Å². The lowest BCUT2D eigenvalue weighted by Crippen LogP contribution is -2.40. The second-order valence-corrected chi connectivity index (χ2v) is 6.35. The number of ether oxygens (including phenoxy) is 3. The molecule has 3 rings (SSSR count). The number of hydrogen-bond acceptors (Lipinski definition) is 5. The third-order valence-electron chi connectivity index (χ3n) is 4.41. The van der Waals surface area contributed by atoms with Gasteiger partial charge in [-0.2, -0.15) is 0 Å². The van der Waals surface area contributed by atoms with Crippen LogP contribution in [0.4, 0.5) is 0 Å². The van der Waals surface area contributed by atoms with E-state index in [2.05, 4.69) is 10.9 Å². The van der Waals surface area contributed by atoms with E-state index in [1.54, 1.807) is 31.4 Å². The average molecular weight is 406 g/mol. The zero-order chi connectivity index (χ0) is 21.5. The molecule has 0 unspecified atom stereocenters. The van der Waals surface area contributed by atoms with Crippen molar-refractivity contribution in [1.29, 1.82) is 0 Å². The number of hydrazine groups is 1. The van der Waals surface area contributed by atoms with Crippen molar-refractivity contribution in [1.82, 2.24) is 10.9 Å². The highest BCUT2D eigenvalue weighted by Gasteiger charge is 2.10. The van der Waals surface area contributed by atoms with E-state index in [-0.39, 0.29) is 0 Å². The summed E-state index contributed by atoms with van der Waals surface area (Å²) < 4.78 is 15.5. The summed E-state index contributed by atoms with van der Waals surface area (Å²) in [5.74, 6) is 0.774. The lowest BCUT2D eigenvalue weighted by Gasteiger charge is -2.09. The maximum Gasteiger partial charge on any atom is 0.269 e. The monoisotopic (exact) mass is 406 g/mol. The second-order valence-electron chi connectivity index (χ2n) is 6.35. The first-order valence-corrected chi connectivity index (χ1v) is 9.11. The van der Waals surface area contributed by atoms with Crippen molar-refractivity contribution in [3.8, 4) is 17.2 Å². The minimum Gasteiger partial charge on any atom is -0.497 e. The Kier molecular flexibility index (Phi) is 6.54. The molecule has 0 fully saturated rings. The van der Waals surface area contributed by atoms with Crippen molar-refractivity contribution < 1.29 is 23.8 Å². The van der Waals surface area contributed by atoms with Crippen molar-refractivity contribution in [2.24, 2.45) is 0 Å². The van der Waals surface area contributed by atoms with Gasteiger partial charge in [-0.15, -0.1) is 0 Å². The largest absolute Gasteiger partial charge is 0.497 e. The number of benzene rings is 3. The van der Waals surface area contributed by atoms with E-state index in [9.17, 15) is 9.59 Å². The second kappa shape index (κ2) is 9.47. The first kappa shape index (κ1) is 20.7. The van der Waals surface area contributed by atoms with Gasteiger partial charge in [0.05, 0.1) is 21.3 Å². The molecule has 0 aliphatic carbocycles. The SMILES string of the molecule is COc1cc(OC)cc(C(=O)NNC(=O)/C=C/c2ccc3cc(OC)ccc3c2)c1. The molecule has 7 nitrogen and oxygen atoms in total. The standard InChI is InChI=1S/C23H22N2O5/c1-28-19-8-7-16-10-15(4-6-17(16)11-19)5-9-22(26)24-25-23(27)18-12-20(29-2)14-21(13-18)30-3/h4-14H,1-3H3,(H,24,26)(H,25,27)/b9-5+. The molecule has 0 aromatic heterocycles. The Morgan fingerprint density at radius 3 is 2.03 bits per heavy atom. The first-order chi connectivity index (χ1) is 14.5. The van der Waals surface area contributed by atoms with Crippen molar-refractivity contribution in [2.75, 3.05) is 21.3 Å². The molecule has 2 N–H and O–H groups in total. The van der Waals surface area contributed by atoms with Crippen LogP contribution in [0.2, 0.25) is 0 Å². The summed E-state index contributed by atoms with van der Waals surface area (Å²) in [5.41, 5.74) is 5.87. The van der Waals surface area contributed by atoms with Crippen LogP contribution < -0.4 is 25.1 Å². The van der Waals surface area contributed by atoms with Crippen LogP contribution in [0.25, 0.3) is 16.8 Å². The summed E-state index contributed by atoms with van der Waals surface area (Å²) in [6.07, 6.45) is 3.01. The average Bonchev–Trinajstić information content (AvgIpc) is 2.80. The molecule has 0 aliphatic rings. The highest BCUT2D eigenvalue weighted by atomic mass is 16.5. The molecular weight excluding hydrogens is 384 g/mol. The molecular formula is C23H22N2O5. The Morgan fingerprint density at radius 1 is 0.733 bits per heavy atom. The molecule has 0 saturated heterocycles. The Balaban J connectivity index is 1.62. The van der Waals surface area contributed by atoms with Crippen LogP contribution in [0.15, 0.2) is 60.7 Å². The number of amides is 2. The predicted octanol–water partition coefficient (Wildman–Crippen LogP) is 3.34. The van der Waals surface area contributed by atoms with Crippen molar-refractivity contribution in [3.63, 3.8) is 0 Å². The summed E-state index contributed by atoms with van der Waals surface area (Å²) in [6.45, 7) is 0. The van der Waals surface area contributed by atoms with Crippen LogP contribution in [-0.4, -0.2) is 33.1 Å². The first-order valence-electron chi connectivity index (χ1n) is 9.11. The molecule has 0 spiro atoms. The fourth-order valence-corrected chi connectivity index (χ4v) is 2.82. The third kappa shape index (κ3) is 5.08. The van der Waals surface area contributed by atoms with Crippen molar-refractivity contribution >= 4 is 28.7 Å². The molecule has 154 valence electrons. The summed E-state index contributed by atoms with van der Waals surface area (Å²) in [6, 6.07) is 16.3.